The van der Waals surface area contributed by atoms with Gasteiger partial charge in [0.25, 0.3) is 0 Å². The highest BCUT2D eigenvalue weighted by Crippen LogP contribution is 2.26. The van der Waals surface area contributed by atoms with Crippen molar-refractivity contribution in [2.45, 2.75) is 13.8 Å². The van der Waals surface area contributed by atoms with Crippen LogP contribution in [0.1, 0.15) is 16.7 Å². The van der Waals surface area contributed by atoms with Crippen molar-refractivity contribution < 1.29 is 5.11 Å². The monoisotopic (exact) mass is 323 g/mol. The largest absolute Gasteiger partial charge is 0.508 e. The molecule has 0 unspecified atom stereocenters. The molecule has 5 heteroatoms. The van der Waals surface area contributed by atoms with Crippen LogP contribution in [0.5, 0.6) is 5.75 Å². The second-order valence-corrected chi connectivity index (χ2v) is 6.16. The van der Waals surface area contributed by atoms with Crippen LogP contribution in [-0.2, 0) is 0 Å². The average molecular weight is 323 g/mol. The molecule has 0 fully saturated rings. The molecule has 116 valence electrons. The number of aromatic hydroxyl groups is 1. The minimum Gasteiger partial charge on any atom is -0.508 e. The summed E-state index contributed by atoms with van der Waals surface area (Å²) in [6, 6.07) is 13.2. The number of rotatable bonds is 4. The van der Waals surface area contributed by atoms with Gasteiger partial charge in [-0.05, 0) is 60.9 Å². The Bertz CT molecular complexity index is 838. The molecule has 0 saturated carbocycles. The third kappa shape index (κ3) is 3.76. The van der Waals surface area contributed by atoms with Crippen molar-refractivity contribution in [2.75, 3.05) is 5.43 Å². The Morgan fingerprint density at radius 3 is 2.61 bits per heavy atom. The molecular weight excluding hydrogens is 306 g/mol. The number of hydrogen-bond acceptors (Lipinski definition) is 5. The highest BCUT2D eigenvalue weighted by molar-refractivity contribution is 7.14. The predicted octanol–water partition coefficient (Wildman–Crippen LogP) is 4.58. The zero-order valence-electron chi connectivity index (χ0n) is 12.9. The van der Waals surface area contributed by atoms with E-state index >= 15 is 0 Å². The smallest absolute Gasteiger partial charge is 0.203 e. The summed E-state index contributed by atoms with van der Waals surface area (Å²) in [7, 11) is 0. The second-order valence-electron chi connectivity index (χ2n) is 5.30. The Balaban J connectivity index is 1.69. The highest BCUT2D eigenvalue weighted by Gasteiger charge is 2.05. The second kappa shape index (κ2) is 6.62. The van der Waals surface area contributed by atoms with E-state index < -0.39 is 0 Å². The van der Waals surface area contributed by atoms with Crippen LogP contribution in [0.2, 0.25) is 0 Å². The molecule has 2 aromatic carbocycles. The van der Waals surface area contributed by atoms with Crippen LogP contribution in [0.4, 0.5) is 5.13 Å². The van der Waals surface area contributed by atoms with Gasteiger partial charge in [-0.25, -0.2) is 4.98 Å². The normalized spacial score (nSPS) is 11.0. The zero-order chi connectivity index (χ0) is 16.2. The molecule has 1 aromatic heterocycles. The van der Waals surface area contributed by atoms with Crippen LogP contribution in [0, 0.1) is 13.8 Å². The zero-order valence-corrected chi connectivity index (χ0v) is 13.8. The minimum atomic E-state index is 0.244. The van der Waals surface area contributed by atoms with Gasteiger partial charge in [0, 0.05) is 10.9 Å². The molecule has 0 aliphatic heterocycles. The summed E-state index contributed by atoms with van der Waals surface area (Å²) in [5, 5.41) is 16.2. The minimum absolute atomic E-state index is 0.244. The Labute approximate surface area is 139 Å². The van der Waals surface area contributed by atoms with E-state index in [-0.39, 0.29) is 5.75 Å². The fraction of sp³-hybridized carbons (Fsp3) is 0.111. The lowest BCUT2D eigenvalue weighted by molar-refractivity contribution is 0.475. The molecule has 2 N–H and O–H groups in total. The van der Waals surface area contributed by atoms with Gasteiger partial charge in [0.1, 0.15) is 5.75 Å². The first-order chi connectivity index (χ1) is 11.1. The van der Waals surface area contributed by atoms with E-state index in [1.54, 1.807) is 30.5 Å². The number of anilines is 1. The summed E-state index contributed by atoms with van der Waals surface area (Å²) in [6.45, 7) is 4.21. The molecule has 0 saturated heterocycles. The number of hydrazone groups is 1. The fourth-order valence-corrected chi connectivity index (χ4v) is 2.75. The third-order valence-corrected chi connectivity index (χ3v) is 4.32. The fourth-order valence-electron chi connectivity index (χ4n) is 2.08. The summed E-state index contributed by atoms with van der Waals surface area (Å²) < 4.78 is 0. The number of phenolic OH excluding ortho intramolecular Hbond substituents is 1. The quantitative estimate of drug-likeness (QED) is 0.546. The first-order valence-corrected chi connectivity index (χ1v) is 8.11. The summed E-state index contributed by atoms with van der Waals surface area (Å²) >= 11 is 1.52. The predicted molar refractivity (Wildman–Crippen MR) is 96.3 cm³/mol. The molecule has 0 aliphatic carbocycles. The van der Waals surface area contributed by atoms with E-state index in [9.17, 15) is 5.11 Å². The van der Waals surface area contributed by atoms with Crippen LogP contribution >= 0.6 is 11.3 Å². The summed E-state index contributed by atoms with van der Waals surface area (Å²) in [5.74, 6) is 0.244. The number of thiazole rings is 1. The molecule has 0 aliphatic rings. The summed E-state index contributed by atoms with van der Waals surface area (Å²) in [4.78, 5) is 4.55. The highest BCUT2D eigenvalue weighted by atomic mass is 32.1. The Kier molecular flexibility index (Phi) is 4.39. The molecule has 1 heterocycles. The van der Waals surface area contributed by atoms with Gasteiger partial charge in [-0.15, -0.1) is 11.3 Å². The molecule has 0 radical (unpaired) electrons. The molecule has 23 heavy (non-hydrogen) atoms. The van der Waals surface area contributed by atoms with Crippen LogP contribution in [0.25, 0.3) is 11.3 Å². The average Bonchev–Trinajstić information content (AvgIpc) is 3.01. The van der Waals surface area contributed by atoms with Crippen molar-refractivity contribution in [3.8, 4) is 17.0 Å². The van der Waals surface area contributed by atoms with Gasteiger partial charge in [-0.1, -0.05) is 12.1 Å². The number of phenols is 1. The number of aromatic nitrogens is 1. The van der Waals surface area contributed by atoms with Crippen molar-refractivity contribution in [3.05, 3.63) is 64.5 Å². The van der Waals surface area contributed by atoms with Gasteiger partial charge in [0.15, 0.2) is 0 Å². The van der Waals surface area contributed by atoms with E-state index in [1.807, 2.05) is 5.38 Å². The Hall–Kier alpha value is -2.66. The first kappa shape index (κ1) is 15.2. The molecule has 0 atom stereocenters. The van der Waals surface area contributed by atoms with E-state index in [0.29, 0.717) is 0 Å². The molecule has 0 bridgehead atoms. The van der Waals surface area contributed by atoms with Crippen molar-refractivity contribution in [1.82, 2.24) is 4.98 Å². The maximum absolute atomic E-state index is 9.24. The topological polar surface area (TPSA) is 57.5 Å². The van der Waals surface area contributed by atoms with Gasteiger partial charge in [-0.3, -0.25) is 5.43 Å². The standard InChI is InChI=1S/C18H17N3OS/c1-12-3-6-15(9-13(12)2)17-11-23-18(20-17)21-19-10-14-4-7-16(22)8-5-14/h3-11,22H,1-2H3,(H,20,21)/b19-10-. The van der Waals surface area contributed by atoms with Crippen molar-refractivity contribution in [3.63, 3.8) is 0 Å². The number of benzene rings is 2. The lowest BCUT2D eigenvalue weighted by Gasteiger charge is -2.02. The number of aryl methyl sites for hydroxylation is 2. The van der Waals surface area contributed by atoms with E-state index in [2.05, 4.69) is 47.6 Å². The van der Waals surface area contributed by atoms with Gasteiger partial charge in [0.05, 0.1) is 11.9 Å². The van der Waals surface area contributed by atoms with Crippen LogP contribution < -0.4 is 5.43 Å². The van der Waals surface area contributed by atoms with Crippen molar-refractivity contribution in [2.24, 2.45) is 5.10 Å². The van der Waals surface area contributed by atoms with E-state index in [4.69, 9.17) is 0 Å². The maximum Gasteiger partial charge on any atom is 0.203 e. The lowest BCUT2D eigenvalue weighted by atomic mass is 10.1. The van der Waals surface area contributed by atoms with Crippen molar-refractivity contribution >= 4 is 22.7 Å². The number of nitrogens with one attached hydrogen (secondary N) is 1. The molecule has 0 amide bonds. The molecule has 3 aromatic rings. The van der Waals surface area contributed by atoms with Crippen LogP contribution in [0.15, 0.2) is 52.9 Å². The lowest BCUT2D eigenvalue weighted by Crippen LogP contribution is -1.90. The van der Waals surface area contributed by atoms with Gasteiger partial charge >= 0.3 is 0 Å². The van der Waals surface area contributed by atoms with E-state index in [0.717, 1.165) is 22.0 Å². The maximum atomic E-state index is 9.24. The van der Waals surface area contributed by atoms with Crippen LogP contribution in [0.3, 0.4) is 0 Å². The van der Waals surface area contributed by atoms with E-state index in [1.165, 1.54) is 22.5 Å². The molecule has 0 spiro atoms. The Morgan fingerprint density at radius 2 is 1.87 bits per heavy atom. The SMILES string of the molecule is Cc1ccc(-c2csc(N/N=C\c3ccc(O)cc3)n2)cc1C. The summed E-state index contributed by atoms with van der Waals surface area (Å²) in [5.41, 5.74) is 8.44. The van der Waals surface area contributed by atoms with Crippen molar-refractivity contribution in [1.29, 1.82) is 0 Å². The Morgan fingerprint density at radius 1 is 1.09 bits per heavy atom. The van der Waals surface area contributed by atoms with Gasteiger partial charge < -0.3 is 5.11 Å². The number of hydrogen-bond donors (Lipinski definition) is 2. The number of nitrogens with zero attached hydrogens (tertiary/aromatic N) is 2. The summed E-state index contributed by atoms with van der Waals surface area (Å²) in [6.07, 6.45) is 1.69. The first-order valence-electron chi connectivity index (χ1n) is 7.23. The molecule has 4 nitrogen and oxygen atoms in total. The van der Waals surface area contributed by atoms with Crippen LogP contribution in [-0.4, -0.2) is 16.3 Å². The molecule has 3 rings (SSSR count). The molecular formula is C18H17N3OS. The van der Waals surface area contributed by atoms with Gasteiger partial charge in [0.2, 0.25) is 5.13 Å². The third-order valence-electron chi connectivity index (χ3n) is 3.57. The van der Waals surface area contributed by atoms with Gasteiger partial charge in [-0.2, -0.15) is 5.10 Å².